The zero-order valence-electron chi connectivity index (χ0n) is 18.3. The van der Waals surface area contributed by atoms with Gasteiger partial charge in [-0.2, -0.15) is 0 Å². The molecular weight excluding hydrogens is 429 g/mol. The van der Waals surface area contributed by atoms with Gasteiger partial charge in [0, 0.05) is 7.05 Å². The molecule has 4 amide bonds. The quantitative estimate of drug-likeness (QED) is 0.579. The topological polar surface area (TPSA) is 105 Å². The molecule has 1 atom stereocenters. The third-order valence-electron chi connectivity index (χ3n) is 5.82. The molecule has 2 N–H and O–H groups in total. The average Bonchev–Trinajstić information content (AvgIpc) is 3.14. The molecule has 3 aromatic rings. The Hall–Kier alpha value is -4.21. The van der Waals surface area contributed by atoms with Crippen LogP contribution in [0.5, 0.6) is 0 Å². The Labute approximate surface area is 188 Å². The molecule has 2 heterocycles. The fourth-order valence-electron chi connectivity index (χ4n) is 3.85. The standard InChI is InChI=1S/C23H22FN5O4/c1-14-19(20(31)29(27(14)3)17-7-5-4-6-8-17)25-18(30)13-28-21(32)23(2,26-22(28)33)15-9-11-16(24)12-10-15/h4-12H,13H2,1-3H3,(H,25,30)(H,26,33)/t23-/m1/s1. The van der Waals surface area contributed by atoms with Crippen molar-refractivity contribution in [1.29, 1.82) is 0 Å². The number of aromatic nitrogens is 2. The van der Waals surface area contributed by atoms with Crippen molar-refractivity contribution >= 4 is 23.5 Å². The summed E-state index contributed by atoms with van der Waals surface area (Å²) in [6.07, 6.45) is 0. The largest absolute Gasteiger partial charge is 0.325 e. The number of imide groups is 1. The Morgan fingerprint density at radius 1 is 1.06 bits per heavy atom. The van der Waals surface area contributed by atoms with Gasteiger partial charge in [-0.25, -0.2) is 13.9 Å². The number of hydrogen-bond donors (Lipinski definition) is 2. The maximum Gasteiger partial charge on any atom is 0.325 e. The molecule has 1 saturated heterocycles. The van der Waals surface area contributed by atoms with Gasteiger partial charge in [-0.05, 0) is 43.7 Å². The van der Waals surface area contributed by atoms with Gasteiger partial charge in [-0.15, -0.1) is 0 Å². The molecule has 4 rings (SSSR count). The molecule has 33 heavy (non-hydrogen) atoms. The van der Waals surface area contributed by atoms with Crippen LogP contribution in [0.4, 0.5) is 14.9 Å². The van der Waals surface area contributed by atoms with E-state index in [-0.39, 0.29) is 5.69 Å². The molecule has 0 radical (unpaired) electrons. The van der Waals surface area contributed by atoms with E-state index in [2.05, 4.69) is 10.6 Å². The number of urea groups is 1. The van der Waals surface area contributed by atoms with Gasteiger partial charge in [-0.3, -0.25) is 24.0 Å². The number of rotatable bonds is 5. The number of halogens is 1. The van der Waals surface area contributed by atoms with E-state index in [4.69, 9.17) is 0 Å². The Kier molecular flexibility index (Phi) is 5.36. The summed E-state index contributed by atoms with van der Waals surface area (Å²) >= 11 is 0. The summed E-state index contributed by atoms with van der Waals surface area (Å²) in [5, 5.41) is 5.09. The summed E-state index contributed by atoms with van der Waals surface area (Å²) in [6.45, 7) is 2.58. The molecule has 0 spiro atoms. The van der Waals surface area contributed by atoms with E-state index in [1.54, 1.807) is 42.9 Å². The van der Waals surface area contributed by atoms with E-state index in [0.717, 1.165) is 4.90 Å². The highest BCUT2D eigenvalue weighted by molar-refractivity contribution is 6.10. The number of carbonyl (C=O) groups excluding carboxylic acids is 3. The van der Waals surface area contributed by atoms with Gasteiger partial charge in [-0.1, -0.05) is 30.3 Å². The lowest BCUT2D eigenvalue weighted by atomic mass is 9.92. The third-order valence-corrected chi connectivity index (χ3v) is 5.82. The number of para-hydroxylation sites is 1. The van der Waals surface area contributed by atoms with E-state index < -0.39 is 41.3 Å². The number of hydrogen-bond acceptors (Lipinski definition) is 4. The number of nitrogens with one attached hydrogen (secondary N) is 2. The lowest BCUT2D eigenvalue weighted by Gasteiger charge is -2.22. The molecular formula is C23H22FN5O4. The second-order valence-corrected chi connectivity index (χ2v) is 7.94. The smallest absolute Gasteiger partial charge is 0.319 e. The highest BCUT2D eigenvalue weighted by Crippen LogP contribution is 2.29. The molecule has 2 aromatic carbocycles. The molecule has 0 aliphatic carbocycles. The minimum Gasteiger partial charge on any atom is -0.319 e. The van der Waals surface area contributed by atoms with E-state index in [1.807, 2.05) is 6.07 Å². The van der Waals surface area contributed by atoms with E-state index in [0.29, 0.717) is 16.9 Å². The predicted octanol–water partition coefficient (Wildman–Crippen LogP) is 2.03. The number of amides is 4. The van der Waals surface area contributed by atoms with Crippen LogP contribution in [0.15, 0.2) is 59.4 Å². The van der Waals surface area contributed by atoms with Crippen LogP contribution in [-0.4, -0.2) is 38.7 Å². The second kappa shape index (κ2) is 8.05. The molecule has 1 aromatic heterocycles. The van der Waals surface area contributed by atoms with Crippen molar-refractivity contribution in [2.75, 3.05) is 11.9 Å². The fourth-order valence-corrected chi connectivity index (χ4v) is 3.85. The number of benzene rings is 2. The zero-order chi connectivity index (χ0) is 23.9. The van der Waals surface area contributed by atoms with Crippen LogP contribution in [0.1, 0.15) is 18.2 Å². The Bertz CT molecular complexity index is 1310. The van der Waals surface area contributed by atoms with Crippen molar-refractivity contribution in [1.82, 2.24) is 19.6 Å². The molecule has 9 nitrogen and oxygen atoms in total. The number of nitrogens with zero attached hydrogens (tertiary/aromatic N) is 3. The third kappa shape index (κ3) is 3.69. The fraction of sp³-hybridized carbons (Fsp3) is 0.217. The van der Waals surface area contributed by atoms with E-state index in [9.17, 15) is 23.6 Å². The minimum absolute atomic E-state index is 0.0553. The van der Waals surface area contributed by atoms with Gasteiger partial charge < -0.3 is 10.6 Å². The molecule has 170 valence electrons. The Morgan fingerprint density at radius 3 is 2.33 bits per heavy atom. The van der Waals surface area contributed by atoms with E-state index >= 15 is 0 Å². The SMILES string of the molecule is Cc1c(NC(=O)CN2C(=O)N[C@](C)(c3ccc(F)cc3)C2=O)c(=O)n(-c2ccccc2)n1C. The van der Waals surface area contributed by atoms with E-state index in [1.165, 1.54) is 35.9 Å². The van der Waals surface area contributed by atoms with Gasteiger partial charge in [0.05, 0.1) is 11.4 Å². The monoisotopic (exact) mass is 451 g/mol. The number of carbonyl (C=O) groups is 3. The summed E-state index contributed by atoms with van der Waals surface area (Å²) in [4.78, 5) is 51.9. The van der Waals surface area contributed by atoms with Crippen LogP contribution in [-0.2, 0) is 22.2 Å². The lowest BCUT2D eigenvalue weighted by molar-refractivity contribution is -0.133. The Morgan fingerprint density at radius 2 is 1.70 bits per heavy atom. The summed E-state index contributed by atoms with van der Waals surface area (Å²) in [5.41, 5.74) is -0.311. The van der Waals surface area contributed by atoms with Gasteiger partial charge in [0.15, 0.2) is 0 Å². The van der Waals surface area contributed by atoms with Crippen molar-refractivity contribution in [2.24, 2.45) is 7.05 Å². The molecule has 0 unspecified atom stereocenters. The molecule has 0 bridgehead atoms. The summed E-state index contributed by atoms with van der Waals surface area (Å²) in [5.74, 6) is -1.83. The van der Waals surface area contributed by atoms with Crippen molar-refractivity contribution in [3.05, 3.63) is 82.0 Å². The molecule has 0 saturated carbocycles. The second-order valence-electron chi connectivity index (χ2n) is 7.94. The van der Waals surface area contributed by atoms with Crippen LogP contribution in [0.25, 0.3) is 5.69 Å². The lowest BCUT2D eigenvalue weighted by Crippen LogP contribution is -2.42. The minimum atomic E-state index is -1.44. The van der Waals surface area contributed by atoms with Crippen molar-refractivity contribution in [3.8, 4) is 5.69 Å². The maximum absolute atomic E-state index is 13.3. The summed E-state index contributed by atoms with van der Waals surface area (Å²) in [6, 6.07) is 13.3. The predicted molar refractivity (Wildman–Crippen MR) is 118 cm³/mol. The van der Waals surface area contributed by atoms with Crippen LogP contribution < -0.4 is 16.2 Å². The molecule has 1 aliphatic rings. The normalized spacial score (nSPS) is 17.9. The first kappa shape index (κ1) is 22.0. The van der Waals surface area contributed by atoms with Gasteiger partial charge in [0.25, 0.3) is 11.5 Å². The van der Waals surface area contributed by atoms with Crippen LogP contribution in [0, 0.1) is 12.7 Å². The molecule has 1 aliphatic heterocycles. The van der Waals surface area contributed by atoms with Crippen LogP contribution >= 0.6 is 0 Å². The first-order valence-corrected chi connectivity index (χ1v) is 10.2. The zero-order valence-corrected chi connectivity index (χ0v) is 18.3. The summed E-state index contributed by atoms with van der Waals surface area (Å²) < 4.78 is 16.3. The molecule has 10 heteroatoms. The first-order valence-electron chi connectivity index (χ1n) is 10.2. The van der Waals surface area contributed by atoms with Gasteiger partial charge in [0.1, 0.15) is 23.6 Å². The summed E-state index contributed by atoms with van der Waals surface area (Å²) in [7, 11) is 1.69. The maximum atomic E-state index is 13.3. The average molecular weight is 451 g/mol. The Balaban J connectivity index is 1.55. The molecule has 1 fully saturated rings. The highest BCUT2D eigenvalue weighted by atomic mass is 19.1. The van der Waals surface area contributed by atoms with Gasteiger partial charge in [0.2, 0.25) is 5.91 Å². The van der Waals surface area contributed by atoms with Crippen molar-refractivity contribution in [2.45, 2.75) is 19.4 Å². The van der Waals surface area contributed by atoms with Crippen molar-refractivity contribution in [3.63, 3.8) is 0 Å². The van der Waals surface area contributed by atoms with Crippen LogP contribution in [0.3, 0.4) is 0 Å². The van der Waals surface area contributed by atoms with Crippen LogP contribution in [0.2, 0.25) is 0 Å². The van der Waals surface area contributed by atoms with Gasteiger partial charge >= 0.3 is 6.03 Å². The highest BCUT2D eigenvalue weighted by Gasteiger charge is 2.49. The number of anilines is 1. The first-order chi connectivity index (χ1) is 15.6. The van der Waals surface area contributed by atoms with Crippen molar-refractivity contribution < 1.29 is 18.8 Å².